The van der Waals surface area contributed by atoms with E-state index >= 15 is 0 Å². The summed E-state index contributed by atoms with van der Waals surface area (Å²) in [5.41, 5.74) is 1.20. The monoisotopic (exact) mass is 216 g/mol. The summed E-state index contributed by atoms with van der Waals surface area (Å²) in [5.74, 6) is -0.386. The Morgan fingerprint density at radius 3 is 2.50 bits per heavy atom. The van der Waals surface area contributed by atoms with Gasteiger partial charge in [0.2, 0.25) is 0 Å². The van der Waals surface area contributed by atoms with Gasteiger partial charge in [0.05, 0.1) is 11.6 Å². The lowest BCUT2D eigenvalue weighted by Gasteiger charge is -2.02. The number of benzene rings is 1. The molecule has 1 heterocycles. The van der Waals surface area contributed by atoms with E-state index in [9.17, 15) is 4.39 Å². The summed E-state index contributed by atoms with van der Waals surface area (Å²) in [6.45, 7) is 5.84. The Hall–Kier alpha value is -1.95. The van der Waals surface area contributed by atoms with Crippen LogP contribution in [0.15, 0.2) is 24.5 Å². The van der Waals surface area contributed by atoms with Gasteiger partial charge in [-0.1, -0.05) is 13.8 Å². The van der Waals surface area contributed by atoms with Gasteiger partial charge < -0.3 is 0 Å². The van der Waals surface area contributed by atoms with Gasteiger partial charge in [-0.15, -0.1) is 0 Å². The first-order valence-corrected chi connectivity index (χ1v) is 5.16. The van der Waals surface area contributed by atoms with Gasteiger partial charge in [-0.3, -0.25) is 4.98 Å². The van der Waals surface area contributed by atoms with Crippen LogP contribution >= 0.6 is 0 Å². The molecule has 3 heteroatoms. The third-order valence-corrected chi connectivity index (χ3v) is 2.16. The summed E-state index contributed by atoms with van der Waals surface area (Å²) >= 11 is 0. The van der Waals surface area contributed by atoms with Crippen molar-refractivity contribution in [3.8, 4) is 6.07 Å². The summed E-state index contributed by atoms with van der Waals surface area (Å²) in [7, 11) is 0. The largest absolute Gasteiger partial charge is 0.264 e. The van der Waals surface area contributed by atoms with Crippen molar-refractivity contribution in [2.75, 3.05) is 0 Å². The fraction of sp³-hybridized carbons (Fsp3) is 0.231. The molecule has 0 radical (unpaired) electrons. The Morgan fingerprint density at radius 2 is 1.88 bits per heavy atom. The van der Waals surface area contributed by atoms with Crippen molar-refractivity contribution < 1.29 is 4.39 Å². The van der Waals surface area contributed by atoms with Crippen LogP contribution in [-0.4, -0.2) is 4.98 Å². The molecule has 0 bridgehead atoms. The molecule has 0 aliphatic rings. The third kappa shape index (κ3) is 2.17. The lowest BCUT2D eigenvalue weighted by Crippen LogP contribution is -1.87. The number of rotatable bonds is 0. The van der Waals surface area contributed by atoms with Gasteiger partial charge in [-0.2, -0.15) is 5.26 Å². The van der Waals surface area contributed by atoms with Crippen LogP contribution < -0.4 is 0 Å². The Labute approximate surface area is 94.4 Å². The molecule has 0 fully saturated rings. The molecular formula is C13H13FN2. The van der Waals surface area contributed by atoms with Crippen LogP contribution in [-0.2, 0) is 0 Å². The first kappa shape index (κ1) is 12.1. The molecule has 1 aromatic heterocycles. The van der Waals surface area contributed by atoms with E-state index < -0.39 is 0 Å². The number of hydrogen-bond donors (Lipinski definition) is 0. The van der Waals surface area contributed by atoms with Crippen LogP contribution in [0.4, 0.5) is 4.39 Å². The van der Waals surface area contributed by atoms with E-state index in [2.05, 4.69) is 4.98 Å². The van der Waals surface area contributed by atoms with Crippen molar-refractivity contribution in [3.63, 3.8) is 0 Å². The van der Waals surface area contributed by atoms with E-state index in [0.717, 1.165) is 10.9 Å². The van der Waals surface area contributed by atoms with Crippen molar-refractivity contribution in [3.05, 3.63) is 41.5 Å². The van der Waals surface area contributed by atoms with Crippen molar-refractivity contribution >= 4 is 10.8 Å². The summed E-state index contributed by atoms with van der Waals surface area (Å²) in [6.07, 6.45) is 3.24. The lowest BCUT2D eigenvalue weighted by molar-refractivity contribution is 0.629. The summed E-state index contributed by atoms with van der Waals surface area (Å²) < 4.78 is 13.1. The van der Waals surface area contributed by atoms with E-state index in [1.54, 1.807) is 12.4 Å². The predicted octanol–water partition coefficient (Wildman–Crippen LogP) is 3.58. The second kappa shape index (κ2) is 5.22. The van der Waals surface area contributed by atoms with Gasteiger partial charge >= 0.3 is 0 Å². The van der Waals surface area contributed by atoms with Gasteiger partial charge in [0.1, 0.15) is 5.82 Å². The molecule has 0 amide bonds. The topological polar surface area (TPSA) is 36.7 Å². The minimum atomic E-state index is -0.386. The predicted molar refractivity (Wildman–Crippen MR) is 62.5 cm³/mol. The molecule has 16 heavy (non-hydrogen) atoms. The van der Waals surface area contributed by atoms with Crippen LogP contribution in [0, 0.1) is 24.1 Å². The average Bonchev–Trinajstić information content (AvgIpc) is 2.32. The van der Waals surface area contributed by atoms with E-state index in [1.165, 1.54) is 12.1 Å². The highest BCUT2D eigenvalue weighted by Gasteiger charge is 2.05. The molecule has 0 atom stereocenters. The smallest absolute Gasteiger partial charge is 0.125 e. The molecule has 2 rings (SSSR count). The third-order valence-electron chi connectivity index (χ3n) is 2.16. The van der Waals surface area contributed by atoms with E-state index in [0.29, 0.717) is 10.9 Å². The number of aromatic nitrogens is 1. The molecule has 0 unspecified atom stereocenters. The highest BCUT2D eigenvalue weighted by molar-refractivity contribution is 5.89. The van der Waals surface area contributed by atoms with Crippen molar-refractivity contribution in [1.29, 1.82) is 5.26 Å². The molecule has 0 saturated carbocycles. The van der Waals surface area contributed by atoms with Crippen LogP contribution in [0.3, 0.4) is 0 Å². The summed E-state index contributed by atoms with van der Waals surface area (Å²) in [4.78, 5) is 3.98. The second-order valence-corrected chi connectivity index (χ2v) is 3.12. The Kier molecular flexibility index (Phi) is 3.96. The number of hydrogen-bond acceptors (Lipinski definition) is 2. The van der Waals surface area contributed by atoms with Crippen LogP contribution in [0.25, 0.3) is 10.8 Å². The number of nitriles is 1. The SMILES string of the molecule is CC.Cc1cncc2c(C#N)cc(F)cc12. The maximum absolute atomic E-state index is 13.1. The maximum atomic E-state index is 13.1. The number of aryl methyl sites for hydroxylation is 1. The normalized spacial score (nSPS) is 9.19. The lowest BCUT2D eigenvalue weighted by atomic mass is 10.0. The molecule has 1 aromatic carbocycles. The quantitative estimate of drug-likeness (QED) is 0.674. The van der Waals surface area contributed by atoms with Crippen LogP contribution in [0.5, 0.6) is 0 Å². The molecule has 0 aliphatic carbocycles. The average molecular weight is 216 g/mol. The molecule has 0 aliphatic heterocycles. The Balaban J connectivity index is 0.000000606. The van der Waals surface area contributed by atoms with Gasteiger partial charge in [-0.05, 0) is 30.0 Å². The minimum Gasteiger partial charge on any atom is -0.264 e. The van der Waals surface area contributed by atoms with Gasteiger partial charge in [0.15, 0.2) is 0 Å². The highest BCUT2D eigenvalue weighted by atomic mass is 19.1. The molecule has 0 spiro atoms. The molecule has 2 aromatic rings. The van der Waals surface area contributed by atoms with Gasteiger partial charge in [0, 0.05) is 17.8 Å². The van der Waals surface area contributed by atoms with Crippen molar-refractivity contribution in [2.24, 2.45) is 0 Å². The number of halogens is 1. The number of pyridine rings is 1. The molecule has 2 nitrogen and oxygen atoms in total. The first-order chi connectivity index (χ1) is 7.72. The second-order valence-electron chi connectivity index (χ2n) is 3.12. The zero-order valence-corrected chi connectivity index (χ0v) is 9.58. The minimum absolute atomic E-state index is 0.330. The zero-order chi connectivity index (χ0) is 12.1. The standard InChI is InChI=1S/C11H7FN2.C2H6/c1-7-5-14-6-11-8(4-13)2-9(12)3-10(7)11;1-2/h2-3,5-6H,1H3;1-2H3. The van der Waals surface area contributed by atoms with Crippen molar-refractivity contribution in [1.82, 2.24) is 4.98 Å². The van der Waals surface area contributed by atoms with Crippen LogP contribution in [0.1, 0.15) is 25.0 Å². The fourth-order valence-electron chi connectivity index (χ4n) is 1.47. The summed E-state index contributed by atoms with van der Waals surface area (Å²) in [5, 5.41) is 10.3. The van der Waals surface area contributed by atoms with E-state index in [1.807, 2.05) is 26.8 Å². The van der Waals surface area contributed by atoms with Crippen molar-refractivity contribution in [2.45, 2.75) is 20.8 Å². The van der Waals surface area contributed by atoms with Crippen LogP contribution in [0.2, 0.25) is 0 Å². The number of nitrogens with zero attached hydrogens (tertiary/aromatic N) is 2. The molecule has 0 N–H and O–H groups in total. The van der Waals surface area contributed by atoms with E-state index in [4.69, 9.17) is 5.26 Å². The summed E-state index contributed by atoms with van der Waals surface area (Å²) in [6, 6.07) is 4.61. The first-order valence-electron chi connectivity index (χ1n) is 5.16. The Morgan fingerprint density at radius 1 is 1.19 bits per heavy atom. The maximum Gasteiger partial charge on any atom is 0.125 e. The van der Waals surface area contributed by atoms with Gasteiger partial charge in [0.25, 0.3) is 0 Å². The number of fused-ring (bicyclic) bond motifs is 1. The fourth-order valence-corrected chi connectivity index (χ4v) is 1.47. The molecular weight excluding hydrogens is 203 g/mol. The highest BCUT2D eigenvalue weighted by Crippen LogP contribution is 2.21. The molecule has 82 valence electrons. The zero-order valence-electron chi connectivity index (χ0n) is 9.58. The Bertz CT molecular complexity index is 541. The van der Waals surface area contributed by atoms with Gasteiger partial charge in [-0.25, -0.2) is 4.39 Å². The molecule has 0 saturated heterocycles. The van der Waals surface area contributed by atoms with E-state index in [-0.39, 0.29) is 5.82 Å².